The second-order valence-corrected chi connectivity index (χ2v) is 15.5. The highest BCUT2D eigenvalue weighted by molar-refractivity contribution is 7.91. The molecule has 0 fully saturated rings. The zero-order valence-electron chi connectivity index (χ0n) is 24.8. The van der Waals surface area contributed by atoms with Crippen LogP contribution in [0.1, 0.15) is 13.8 Å². The average Bonchev–Trinajstić information content (AvgIpc) is 3.02. The molecule has 0 radical (unpaired) electrons. The molecule has 4 rings (SSSR count). The third-order valence-corrected chi connectivity index (χ3v) is 11.2. The molecule has 0 unspecified atom stereocenters. The minimum absolute atomic E-state index is 0.0300. The summed E-state index contributed by atoms with van der Waals surface area (Å²) in [6, 6.07) is 11.3. The Bertz CT molecular complexity index is 2240. The van der Waals surface area contributed by atoms with Gasteiger partial charge in [0.1, 0.15) is 44.0 Å². The summed E-state index contributed by atoms with van der Waals surface area (Å²) in [5, 5.41) is 41.1. The fourth-order valence-electron chi connectivity index (χ4n) is 4.28. The molecular weight excluding hydrogens is 663 g/mol. The zero-order valence-corrected chi connectivity index (χ0v) is 27.3. The summed E-state index contributed by atoms with van der Waals surface area (Å²) < 4.78 is 88.4. The highest BCUT2D eigenvalue weighted by atomic mass is 32.2. The van der Waals surface area contributed by atoms with E-state index in [0.717, 1.165) is 24.3 Å². The van der Waals surface area contributed by atoms with Crippen LogP contribution in [0.15, 0.2) is 89.7 Å². The zero-order chi connectivity index (χ0) is 34.0. The van der Waals surface area contributed by atoms with Gasteiger partial charge in [-0.05, 0) is 42.5 Å². The molecule has 0 spiro atoms. The van der Waals surface area contributed by atoms with Gasteiger partial charge in [0.2, 0.25) is 0 Å². The first kappa shape index (κ1) is 34.2. The van der Waals surface area contributed by atoms with Gasteiger partial charge in [0.15, 0.2) is 25.4 Å². The summed E-state index contributed by atoms with van der Waals surface area (Å²) in [5.74, 6) is -1.39. The molecule has 0 saturated carbocycles. The molecule has 0 bridgehead atoms. The van der Waals surface area contributed by atoms with Crippen LogP contribution < -0.4 is 10.1 Å². The van der Waals surface area contributed by atoms with E-state index in [4.69, 9.17) is 4.74 Å². The predicted molar refractivity (Wildman–Crippen MR) is 170 cm³/mol. The van der Waals surface area contributed by atoms with E-state index in [1.165, 1.54) is 39.2 Å². The van der Waals surface area contributed by atoms with E-state index in [2.05, 4.69) is 25.8 Å². The lowest BCUT2D eigenvalue weighted by molar-refractivity contribution is 0.399. The number of methoxy groups -OCH3 is 1. The maximum atomic E-state index is 12.4. The van der Waals surface area contributed by atoms with Gasteiger partial charge < -0.3 is 20.3 Å². The van der Waals surface area contributed by atoms with Crippen LogP contribution >= 0.6 is 0 Å². The summed E-state index contributed by atoms with van der Waals surface area (Å²) in [4.78, 5) is -1.29. The number of fused-ring (bicyclic) bond motifs is 1. The van der Waals surface area contributed by atoms with Crippen LogP contribution in [0, 0.1) is 0 Å². The lowest BCUT2D eigenvalue weighted by Crippen LogP contribution is -2.06. The Morgan fingerprint density at radius 3 is 1.93 bits per heavy atom. The van der Waals surface area contributed by atoms with Gasteiger partial charge in [-0.15, -0.1) is 20.5 Å². The number of hydrogen-bond acceptors (Lipinski definition) is 14. The highest BCUT2D eigenvalue weighted by Gasteiger charge is 2.23. The molecule has 0 aromatic heterocycles. The summed E-state index contributed by atoms with van der Waals surface area (Å²) in [6.07, 6.45) is 0. The van der Waals surface area contributed by atoms with E-state index in [0.29, 0.717) is 11.1 Å². The fraction of sp³-hybridized carbons (Fsp3) is 0.214. The number of azo groups is 2. The monoisotopic (exact) mass is 691 g/mol. The molecule has 0 amide bonds. The lowest BCUT2D eigenvalue weighted by Gasteiger charge is -2.11. The number of ether oxygens (including phenoxy) is 1. The fourth-order valence-corrected chi connectivity index (χ4v) is 6.97. The molecule has 4 N–H and O–H groups in total. The van der Waals surface area contributed by atoms with Crippen LogP contribution in [0.3, 0.4) is 0 Å². The number of benzene rings is 4. The molecule has 0 aliphatic rings. The third-order valence-electron chi connectivity index (χ3n) is 6.84. The van der Waals surface area contributed by atoms with Gasteiger partial charge in [-0.1, -0.05) is 13.8 Å². The number of nitrogens with one attached hydrogen (secondary N) is 1. The number of nitrogens with zero attached hydrogens (tertiary/aromatic N) is 4. The van der Waals surface area contributed by atoms with Gasteiger partial charge in [0, 0.05) is 30.0 Å². The van der Waals surface area contributed by atoms with E-state index in [1.807, 2.05) is 0 Å². The Labute approximate surface area is 264 Å². The van der Waals surface area contributed by atoms with Crippen molar-refractivity contribution in [3.05, 3.63) is 54.6 Å². The average molecular weight is 692 g/mol. The Kier molecular flexibility index (Phi) is 9.67. The Morgan fingerprint density at radius 1 is 0.717 bits per heavy atom. The van der Waals surface area contributed by atoms with E-state index < -0.39 is 40.4 Å². The lowest BCUT2D eigenvalue weighted by atomic mass is 10.1. The molecule has 4 aromatic carbocycles. The van der Waals surface area contributed by atoms with Crippen molar-refractivity contribution in [3.63, 3.8) is 0 Å². The number of rotatable bonds is 11. The molecule has 18 heteroatoms. The maximum Gasteiger partial charge on any atom is 0.296 e. The topological polar surface area (TPSA) is 234 Å². The van der Waals surface area contributed by atoms with Crippen molar-refractivity contribution in [2.75, 3.05) is 31.0 Å². The largest absolute Gasteiger partial charge is 0.506 e. The van der Waals surface area contributed by atoms with Crippen molar-refractivity contribution in [2.45, 2.75) is 28.5 Å². The molecule has 244 valence electrons. The molecule has 4 aromatic rings. The summed E-state index contributed by atoms with van der Waals surface area (Å²) >= 11 is 0. The normalized spacial score (nSPS) is 12.7. The van der Waals surface area contributed by atoms with Gasteiger partial charge in [-0.25, -0.2) is 16.8 Å². The number of phenolic OH excluding ortho intramolecular Hbond substituents is 2. The number of hydrogen-bond donors (Lipinski definition) is 4. The van der Waals surface area contributed by atoms with Gasteiger partial charge in [0.25, 0.3) is 10.1 Å². The molecule has 0 heterocycles. The van der Waals surface area contributed by atoms with Crippen molar-refractivity contribution < 1.29 is 44.8 Å². The Balaban J connectivity index is 1.80. The second-order valence-electron chi connectivity index (χ2n) is 9.54. The highest BCUT2D eigenvalue weighted by Crippen LogP contribution is 2.44. The van der Waals surface area contributed by atoms with Crippen LogP contribution in [-0.2, 0) is 29.8 Å². The van der Waals surface area contributed by atoms with E-state index in [1.54, 1.807) is 19.2 Å². The molecule has 0 aliphatic heterocycles. The van der Waals surface area contributed by atoms with Crippen LogP contribution in [0.2, 0.25) is 0 Å². The number of anilines is 1. The second kappa shape index (κ2) is 13.0. The van der Waals surface area contributed by atoms with E-state index in [9.17, 15) is 40.0 Å². The van der Waals surface area contributed by atoms with Gasteiger partial charge in [-0.2, -0.15) is 8.42 Å². The first-order valence-corrected chi connectivity index (χ1v) is 18.1. The van der Waals surface area contributed by atoms with Crippen molar-refractivity contribution in [1.29, 1.82) is 0 Å². The molecule has 15 nitrogen and oxygen atoms in total. The SMILES string of the molecule is CCS(=O)(=O)c1ccc(N=Nc2c(NC)ccc3c(O)c(N=Nc4cc(OC)c(S(=O)(=O)CC)cc4O)ccc23)c(S(=O)(=O)O)c1. The first-order chi connectivity index (χ1) is 21.6. The van der Waals surface area contributed by atoms with Crippen LogP contribution in [0.25, 0.3) is 10.8 Å². The molecule has 0 aliphatic carbocycles. The standard InChI is InChI=1S/C28H29N5O10S3/c1-5-44(36,37)16-7-10-19(25(13-16)46(40,41)42)30-33-27-17-8-12-21(28(35)18(17)9-11-20(27)29-3)31-32-22-14-24(43-4)26(15-23(22)34)45(38,39)6-2/h7-15,29,34-35H,5-6H2,1-4H3,(H,40,41,42). The minimum atomic E-state index is -4.90. The van der Waals surface area contributed by atoms with Crippen LogP contribution in [-0.4, -0.2) is 65.7 Å². The van der Waals surface area contributed by atoms with Crippen molar-refractivity contribution in [1.82, 2.24) is 0 Å². The van der Waals surface area contributed by atoms with Crippen LogP contribution in [0.4, 0.5) is 28.4 Å². The summed E-state index contributed by atoms with van der Waals surface area (Å²) in [6.45, 7) is 2.84. The van der Waals surface area contributed by atoms with Gasteiger partial charge in [-0.3, -0.25) is 4.55 Å². The number of sulfone groups is 2. The van der Waals surface area contributed by atoms with Gasteiger partial charge >= 0.3 is 0 Å². The van der Waals surface area contributed by atoms with Crippen LogP contribution in [0.5, 0.6) is 17.2 Å². The van der Waals surface area contributed by atoms with Crippen molar-refractivity contribution in [3.8, 4) is 17.2 Å². The Hall–Kier alpha value is -4.65. The maximum absolute atomic E-state index is 12.4. The molecule has 0 atom stereocenters. The van der Waals surface area contributed by atoms with Gasteiger partial charge in [0.05, 0.1) is 29.2 Å². The number of phenols is 2. The molecule has 0 saturated heterocycles. The van der Waals surface area contributed by atoms with E-state index in [-0.39, 0.29) is 60.9 Å². The smallest absolute Gasteiger partial charge is 0.296 e. The molecular formula is C28H29N5O10S3. The van der Waals surface area contributed by atoms with Crippen molar-refractivity contribution in [2.24, 2.45) is 20.5 Å². The van der Waals surface area contributed by atoms with Crippen molar-refractivity contribution >= 4 is 69.0 Å². The first-order valence-electron chi connectivity index (χ1n) is 13.4. The summed E-state index contributed by atoms with van der Waals surface area (Å²) in [5.41, 5.74) is 0.0823. The quantitative estimate of drug-likeness (QED) is 0.106. The predicted octanol–water partition coefficient (Wildman–Crippen LogP) is 5.97. The Morgan fingerprint density at radius 2 is 1.33 bits per heavy atom. The minimum Gasteiger partial charge on any atom is -0.506 e. The third kappa shape index (κ3) is 6.79. The van der Waals surface area contributed by atoms with E-state index >= 15 is 0 Å². The number of aromatic hydroxyl groups is 2. The summed E-state index contributed by atoms with van der Waals surface area (Å²) in [7, 11) is -9.56. The molecule has 46 heavy (non-hydrogen) atoms.